The fourth-order valence-electron chi connectivity index (χ4n) is 6.28. The summed E-state index contributed by atoms with van der Waals surface area (Å²) in [6.45, 7) is 6.27. The molecule has 0 bridgehead atoms. The van der Waals surface area contributed by atoms with Gasteiger partial charge in [-0.25, -0.2) is 0 Å². The van der Waals surface area contributed by atoms with Gasteiger partial charge in [0.1, 0.15) is 13.2 Å². The highest BCUT2D eigenvalue weighted by molar-refractivity contribution is 5.71. The van der Waals surface area contributed by atoms with E-state index in [2.05, 4.69) is 81.5 Å². The Morgan fingerprint density at radius 3 is 1.07 bits per heavy atom. The predicted octanol–water partition coefficient (Wildman–Crippen LogP) is 16.0. The third-order valence-electron chi connectivity index (χ3n) is 9.93. The van der Waals surface area contributed by atoms with Gasteiger partial charge in [0.2, 0.25) is 0 Å². The molecule has 0 rings (SSSR count). The molecule has 0 heterocycles. The number of unbranched alkanes of at least 4 members (excludes halogenated alkanes) is 19. The van der Waals surface area contributed by atoms with E-state index in [-0.39, 0.29) is 31.1 Å². The molecule has 0 aliphatic rings. The Morgan fingerprint density at radius 1 is 0.344 bits per heavy atom. The second-order valence-electron chi connectivity index (χ2n) is 15.8. The van der Waals surface area contributed by atoms with E-state index < -0.39 is 6.10 Å². The van der Waals surface area contributed by atoms with Gasteiger partial charge in [-0.15, -0.1) is 0 Å². The van der Waals surface area contributed by atoms with Crippen LogP contribution in [0.15, 0.2) is 109 Å². The maximum atomic E-state index is 12.8. The molecule has 0 aromatic carbocycles. The number of allylic oxidation sites excluding steroid dienone is 18. The van der Waals surface area contributed by atoms with Crippen molar-refractivity contribution in [3.63, 3.8) is 0 Å². The van der Waals surface area contributed by atoms with Gasteiger partial charge in [-0.05, 0) is 83.5 Å². The van der Waals surface area contributed by atoms with E-state index in [1.165, 1.54) is 64.2 Å². The number of carbonyl (C=O) groups is 3. The summed E-state index contributed by atoms with van der Waals surface area (Å²) in [5.74, 6) is -0.981. The Bertz CT molecular complexity index is 1290. The van der Waals surface area contributed by atoms with E-state index in [0.29, 0.717) is 19.3 Å². The topological polar surface area (TPSA) is 78.9 Å². The lowest BCUT2D eigenvalue weighted by Gasteiger charge is -2.18. The van der Waals surface area contributed by atoms with E-state index in [1.54, 1.807) is 0 Å². The molecule has 0 N–H and O–H groups in total. The van der Waals surface area contributed by atoms with Crippen LogP contribution in [-0.4, -0.2) is 37.2 Å². The molecule has 0 aliphatic carbocycles. The summed E-state index contributed by atoms with van der Waals surface area (Å²) in [5, 5.41) is 0. The van der Waals surface area contributed by atoms with Crippen LogP contribution in [0.3, 0.4) is 0 Å². The van der Waals surface area contributed by atoms with Crippen LogP contribution in [0.25, 0.3) is 0 Å². The molecule has 6 heteroatoms. The monoisotopic (exact) mass is 845 g/mol. The van der Waals surface area contributed by atoms with Gasteiger partial charge in [0, 0.05) is 19.3 Å². The number of hydrogen-bond donors (Lipinski definition) is 0. The lowest BCUT2D eigenvalue weighted by molar-refractivity contribution is -0.167. The van der Waals surface area contributed by atoms with Crippen molar-refractivity contribution >= 4 is 17.9 Å². The highest BCUT2D eigenvalue weighted by Crippen LogP contribution is 2.13. The molecule has 61 heavy (non-hydrogen) atoms. The minimum atomic E-state index is -0.807. The van der Waals surface area contributed by atoms with Crippen LogP contribution in [0.2, 0.25) is 0 Å². The first-order chi connectivity index (χ1) is 30.0. The third-order valence-corrected chi connectivity index (χ3v) is 9.93. The highest BCUT2D eigenvalue weighted by Gasteiger charge is 2.19. The van der Waals surface area contributed by atoms with Crippen molar-refractivity contribution in [2.45, 2.75) is 207 Å². The van der Waals surface area contributed by atoms with Crippen molar-refractivity contribution < 1.29 is 28.6 Å². The molecule has 0 aromatic rings. The van der Waals surface area contributed by atoms with Crippen molar-refractivity contribution in [1.29, 1.82) is 0 Å². The summed E-state index contributed by atoms with van der Waals surface area (Å²) >= 11 is 0. The van der Waals surface area contributed by atoms with Gasteiger partial charge in [0.25, 0.3) is 0 Å². The molecular weight excluding hydrogens is 757 g/mol. The summed E-state index contributed by atoms with van der Waals surface area (Å²) in [7, 11) is 0. The molecule has 0 spiro atoms. The Kier molecular flexibility index (Phi) is 45.6. The third kappa shape index (κ3) is 47.0. The van der Waals surface area contributed by atoms with Crippen LogP contribution >= 0.6 is 0 Å². The summed E-state index contributed by atoms with van der Waals surface area (Å²) in [6.07, 6.45) is 64.9. The zero-order chi connectivity index (χ0) is 44.4. The van der Waals surface area contributed by atoms with E-state index >= 15 is 0 Å². The zero-order valence-electron chi connectivity index (χ0n) is 39.1. The standard InChI is InChI=1S/C55H88O6/c1-4-7-10-13-16-19-22-25-27-30-33-36-39-42-45-48-54(57)60-51-52(50-59-53(56)47-44-41-38-35-32-29-24-21-18-15-12-9-6-3)61-55(58)49-46-43-40-37-34-31-28-26-23-20-17-14-11-8-5-2/h7,9-10,12-13,15-16,18-25,27,30,33,52H,4-6,8,11,14,17,26,28-29,31-32,34-51H2,1-3H3/b10-7-,12-9-,16-13-,18-15-,22-19-,23-20-,24-21-,27-25-,33-30-. The first kappa shape index (κ1) is 57.1. The molecule has 0 aromatic heterocycles. The summed E-state index contributed by atoms with van der Waals surface area (Å²) < 4.78 is 16.7. The Labute approximate surface area is 374 Å². The summed E-state index contributed by atoms with van der Waals surface area (Å²) in [5.41, 5.74) is 0. The Balaban J connectivity index is 4.52. The van der Waals surface area contributed by atoms with E-state index in [9.17, 15) is 14.4 Å². The molecule has 0 fully saturated rings. The number of esters is 3. The van der Waals surface area contributed by atoms with Gasteiger partial charge < -0.3 is 14.2 Å². The van der Waals surface area contributed by atoms with Crippen LogP contribution in [0.1, 0.15) is 201 Å². The van der Waals surface area contributed by atoms with Gasteiger partial charge in [-0.2, -0.15) is 0 Å². The zero-order valence-corrected chi connectivity index (χ0v) is 39.1. The highest BCUT2D eigenvalue weighted by atomic mass is 16.6. The average molecular weight is 845 g/mol. The number of ether oxygens (including phenoxy) is 3. The predicted molar refractivity (Wildman–Crippen MR) is 260 cm³/mol. The first-order valence-corrected chi connectivity index (χ1v) is 24.5. The van der Waals surface area contributed by atoms with Gasteiger partial charge >= 0.3 is 17.9 Å². The molecule has 0 amide bonds. The molecule has 0 radical (unpaired) electrons. The van der Waals surface area contributed by atoms with Crippen LogP contribution in [-0.2, 0) is 28.6 Å². The lowest BCUT2D eigenvalue weighted by atomic mass is 10.1. The van der Waals surface area contributed by atoms with Crippen molar-refractivity contribution in [3.05, 3.63) is 109 Å². The van der Waals surface area contributed by atoms with Crippen molar-refractivity contribution in [3.8, 4) is 0 Å². The maximum absolute atomic E-state index is 12.8. The van der Waals surface area contributed by atoms with Crippen LogP contribution < -0.4 is 0 Å². The molecule has 1 unspecified atom stereocenters. The second kappa shape index (κ2) is 48.7. The van der Waals surface area contributed by atoms with E-state index in [1.807, 2.05) is 48.6 Å². The number of hydrogen-bond acceptors (Lipinski definition) is 6. The molecule has 0 saturated carbocycles. The quantitative estimate of drug-likeness (QED) is 0.0200. The normalized spacial score (nSPS) is 13.0. The minimum absolute atomic E-state index is 0.107. The fourth-order valence-corrected chi connectivity index (χ4v) is 6.28. The SMILES string of the molecule is CC\C=C/C=C\C=C/C=C\C=C/CCCCCC(=O)OCC(COC(=O)CCCCCCC\C=C/C=C\C=C/CC)OC(=O)CCCCCCCCC/C=C\CCCCCC. The number of carbonyl (C=O) groups excluding carboxylic acids is 3. The molecule has 0 aliphatic heterocycles. The molecular formula is C55H88O6. The van der Waals surface area contributed by atoms with E-state index in [4.69, 9.17) is 14.2 Å². The van der Waals surface area contributed by atoms with Gasteiger partial charge in [0.05, 0.1) is 0 Å². The largest absolute Gasteiger partial charge is 0.462 e. The van der Waals surface area contributed by atoms with Crippen molar-refractivity contribution in [2.24, 2.45) is 0 Å². The van der Waals surface area contributed by atoms with Crippen LogP contribution in [0.4, 0.5) is 0 Å². The van der Waals surface area contributed by atoms with Gasteiger partial charge in [-0.1, -0.05) is 207 Å². The van der Waals surface area contributed by atoms with Crippen LogP contribution in [0, 0.1) is 0 Å². The molecule has 1 atom stereocenters. The maximum Gasteiger partial charge on any atom is 0.306 e. The lowest BCUT2D eigenvalue weighted by Crippen LogP contribution is -2.30. The Hall–Kier alpha value is -3.93. The number of rotatable bonds is 42. The fraction of sp³-hybridized carbons (Fsp3) is 0.618. The molecule has 344 valence electrons. The van der Waals surface area contributed by atoms with Crippen molar-refractivity contribution in [1.82, 2.24) is 0 Å². The second-order valence-corrected chi connectivity index (χ2v) is 15.8. The summed E-state index contributed by atoms with van der Waals surface area (Å²) in [6, 6.07) is 0. The Morgan fingerprint density at radius 2 is 0.656 bits per heavy atom. The van der Waals surface area contributed by atoms with E-state index in [0.717, 1.165) is 96.3 Å². The summed E-state index contributed by atoms with van der Waals surface area (Å²) in [4.78, 5) is 37.9. The smallest absolute Gasteiger partial charge is 0.306 e. The average Bonchev–Trinajstić information content (AvgIpc) is 3.26. The van der Waals surface area contributed by atoms with Gasteiger partial charge in [0.15, 0.2) is 6.10 Å². The van der Waals surface area contributed by atoms with Crippen molar-refractivity contribution in [2.75, 3.05) is 13.2 Å². The molecule has 0 saturated heterocycles. The first-order valence-electron chi connectivity index (χ1n) is 24.5. The minimum Gasteiger partial charge on any atom is -0.462 e. The molecule has 6 nitrogen and oxygen atoms in total. The van der Waals surface area contributed by atoms with Crippen LogP contribution in [0.5, 0.6) is 0 Å². The van der Waals surface area contributed by atoms with Gasteiger partial charge in [-0.3, -0.25) is 14.4 Å².